The number of terminal acetylenes is 1. The fraction of sp³-hybridized carbons (Fsp3) is 0.381. The van der Waals surface area contributed by atoms with Crippen LogP contribution in [0.2, 0.25) is 0 Å². The summed E-state index contributed by atoms with van der Waals surface area (Å²) >= 11 is 0. The summed E-state index contributed by atoms with van der Waals surface area (Å²) < 4.78 is 16.8. The van der Waals surface area contributed by atoms with E-state index in [1.165, 1.54) is 12.8 Å². The standard InChI is InChI=1S/C21H23NO4/c1-3-12-22(15-18-9-6-13-25-18)21(23)16-10-11-19(20(14-16)24-2)26-17-7-4-5-8-17/h1,6,9-11,13-14,17H,4-5,7-8,12,15H2,2H3. The monoisotopic (exact) mass is 353 g/mol. The summed E-state index contributed by atoms with van der Waals surface area (Å²) in [4.78, 5) is 14.4. The lowest BCUT2D eigenvalue weighted by molar-refractivity contribution is 0.0754. The van der Waals surface area contributed by atoms with Crippen molar-refractivity contribution in [3.63, 3.8) is 0 Å². The molecule has 0 bridgehead atoms. The van der Waals surface area contributed by atoms with Crippen molar-refractivity contribution in [2.45, 2.75) is 38.3 Å². The van der Waals surface area contributed by atoms with Crippen LogP contribution in [0, 0.1) is 12.3 Å². The summed E-state index contributed by atoms with van der Waals surface area (Å²) in [6.45, 7) is 0.515. The first kappa shape index (κ1) is 17.9. The molecule has 0 atom stereocenters. The predicted molar refractivity (Wildman–Crippen MR) is 98.2 cm³/mol. The van der Waals surface area contributed by atoms with Crippen molar-refractivity contribution in [2.24, 2.45) is 0 Å². The smallest absolute Gasteiger partial charge is 0.255 e. The summed E-state index contributed by atoms with van der Waals surface area (Å²) in [5.41, 5.74) is 0.502. The number of nitrogens with zero attached hydrogens (tertiary/aromatic N) is 1. The van der Waals surface area contributed by atoms with Gasteiger partial charge in [-0.1, -0.05) is 5.92 Å². The molecule has 0 radical (unpaired) electrons. The fourth-order valence-electron chi connectivity index (χ4n) is 3.17. The molecular formula is C21H23NO4. The maximum absolute atomic E-state index is 12.9. The van der Waals surface area contributed by atoms with Crippen LogP contribution in [0.15, 0.2) is 41.0 Å². The predicted octanol–water partition coefficient (Wildman–Crippen LogP) is 3.89. The van der Waals surface area contributed by atoms with Gasteiger partial charge in [-0.3, -0.25) is 4.79 Å². The van der Waals surface area contributed by atoms with Gasteiger partial charge < -0.3 is 18.8 Å². The van der Waals surface area contributed by atoms with Gasteiger partial charge in [0.25, 0.3) is 5.91 Å². The molecule has 1 fully saturated rings. The van der Waals surface area contributed by atoms with Gasteiger partial charge in [-0.25, -0.2) is 0 Å². The quantitative estimate of drug-likeness (QED) is 0.709. The summed E-state index contributed by atoms with van der Waals surface area (Å²) in [6, 6.07) is 8.85. The highest BCUT2D eigenvalue weighted by atomic mass is 16.5. The Morgan fingerprint density at radius 1 is 1.31 bits per heavy atom. The molecule has 0 spiro atoms. The first-order valence-corrected chi connectivity index (χ1v) is 8.81. The number of rotatable bonds is 7. The largest absolute Gasteiger partial charge is 0.493 e. The van der Waals surface area contributed by atoms with Crippen LogP contribution in [0.3, 0.4) is 0 Å². The van der Waals surface area contributed by atoms with E-state index in [2.05, 4.69) is 5.92 Å². The molecule has 0 aliphatic heterocycles. The average molecular weight is 353 g/mol. The average Bonchev–Trinajstić information content (AvgIpc) is 3.35. The van der Waals surface area contributed by atoms with Gasteiger partial charge in [0, 0.05) is 5.56 Å². The van der Waals surface area contributed by atoms with Crippen LogP contribution in [0.4, 0.5) is 0 Å². The SMILES string of the molecule is C#CCN(Cc1ccco1)C(=O)c1ccc(OC2CCCC2)c(OC)c1. The van der Waals surface area contributed by atoms with Crippen LogP contribution in [0.25, 0.3) is 0 Å². The summed E-state index contributed by atoms with van der Waals surface area (Å²) in [5.74, 6) is 4.26. The maximum Gasteiger partial charge on any atom is 0.255 e. The third kappa shape index (κ3) is 4.20. The van der Waals surface area contributed by atoms with Crippen LogP contribution < -0.4 is 9.47 Å². The zero-order valence-corrected chi connectivity index (χ0v) is 14.9. The molecule has 0 saturated heterocycles. The number of ether oxygens (including phenoxy) is 2. The van der Waals surface area contributed by atoms with Gasteiger partial charge in [-0.2, -0.15) is 0 Å². The third-order valence-electron chi connectivity index (χ3n) is 4.50. The molecule has 1 aromatic heterocycles. The van der Waals surface area contributed by atoms with E-state index in [0.29, 0.717) is 29.4 Å². The molecule has 1 amide bonds. The minimum Gasteiger partial charge on any atom is -0.493 e. The van der Waals surface area contributed by atoms with Gasteiger partial charge in [0.15, 0.2) is 11.5 Å². The molecule has 0 N–H and O–H groups in total. The number of methoxy groups -OCH3 is 1. The summed E-state index contributed by atoms with van der Waals surface area (Å²) in [6.07, 6.45) is 11.7. The Balaban J connectivity index is 1.77. The summed E-state index contributed by atoms with van der Waals surface area (Å²) in [5, 5.41) is 0. The van der Waals surface area contributed by atoms with Gasteiger partial charge in [0.1, 0.15) is 5.76 Å². The number of benzene rings is 1. The second-order valence-corrected chi connectivity index (χ2v) is 6.33. The molecule has 0 unspecified atom stereocenters. The molecule has 1 saturated carbocycles. The van der Waals surface area contributed by atoms with Crippen molar-refractivity contribution in [1.29, 1.82) is 0 Å². The van der Waals surface area contributed by atoms with E-state index in [0.717, 1.165) is 12.8 Å². The number of hydrogen-bond donors (Lipinski definition) is 0. The Morgan fingerprint density at radius 2 is 2.12 bits per heavy atom. The van der Waals surface area contributed by atoms with Crippen LogP contribution in [-0.2, 0) is 6.54 Å². The third-order valence-corrected chi connectivity index (χ3v) is 4.50. The lowest BCUT2D eigenvalue weighted by Crippen LogP contribution is -2.30. The second-order valence-electron chi connectivity index (χ2n) is 6.33. The molecule has 1 aliphatic carbocycles. The number of hydrogen-bond acceptors (Lipinski definition) is 4. The Hall–Kier alpha value is -2.87. The van der Waals surface area contributed by atoms with E-state index in [1.807, 2.05) is 6.07 Å². The minimum atomic E-state index is -0.176. The van der Waals surface area contributed by atoms with Gasteiger partial charge in [-0.05, 0) is 56.0 Å². The highest BCUT2D eigenvalue weighted by Gasteiger charge is 2.21. The van der Waals surface area contributed by atoms with Crippen LogP contribution >= 0.6 is 0 Å². The highest BCUT2D eigenvalue weighted by Crippen LogP contribution is 2.32. The number of amides is 1. The fourth-order valence-corrected chi connectivity index (χ4v) is 3.17. The lowest BCUT2D eigenvalue weighted by Gasteiger charge is -2.20. The van der Waals surface area contributed by atoms with Crippen molar-refractivity contribution in [3.8, 4) is 23.8 Å². The molecular weight excluding hydrogens is 330 g/mol. The van der Waals surface area contributed by atoms with Gasteiger partial charge >= 0.3 is 0 Å². The van der Waals surface area contributed by atoms with E-state index in [4.69, 9.17) is 20.3 Å². The first-order valence-electron chi connectivity index (χ1n) is 8.81. The lowest BCUT2D eigenvalue weighted by atomic mass is 10.1. The highest BCUT2D eigenvalue weighted by molar-refractivity contribution is 5.95. The van der Waals surface area contributed by atoms with Crippen LogP contribution in [-0.4, -0.2) is 30.6 Å². The Kier molecular flexibility index (Phi) is 5.85. The molecule has 5 nitrogen and oxygen atoms in total. The summed E-state index contributed by atoms with van der Waals surface area (Å²) in [7, 11) is 1.58. The molecule has 1 aliphatic rings. The van der Waals surface area contributed by atoms with Crippen LogP contribution in [0.5, 0.6) is 11.5 Å². The van der Waals surface area contributed by atoms with Crippen LogP contribution in [0.1, 0.15) is 41.8 Å². The van der Waals surface area contributed by atoms with E-state index in [1.54, 1.807) is 42.5 Å². The van der Waals surface area contributed by atoms with Crippen molar-refractivity contribution < 1.29 is 18.7 Å². The van der Waals surface area contributed by atoms with E-state index >= 15 is 0 Å². The number of carbonyl (C=O) groups is 1. The van der Waals surface area contributed by atoms with Crippen molar-refractivity contribution in [2.75, 3.05) is 13.7 Å². The minimum absolute atomic E-state index is 0.176. The molecule has 1 heterocycles. The molecule has 5 heteroatoms. The zero-order valence-electron chi connectivity index (χ0n) is 14.9. The first-order chi connectivity index (χ1) is 12.7. The normalized spacial score (nSPS) is 14.0. The van der Waals surface area contributed by atoms with Crippen molar-refractivity contribution in [1.82, 2.24) is 4.90 Å². The van der Waals surface area contributed by atoms with E-state index in [9.17, 15) is 4.79 Å². The maximum atomic E-state index is 12.9. The Labute approximate surface area is 153 Å². The number of furan rings is 1. The topological polar surface area (TPSA) is 51.9 Å². The number of carbonyl (C=O) groups excluding carboxylic acids is 1. The molecule has 3 rings (SSSR count). The molecule has 2 aromatic rings. The van der Waals surface area contributed by atoms with Crippen molar-refractivity contribution >= 4 is 5.91 Å². The van der Waals surface area contributed by atoms with E-state index < -0.39 is 0 Å². The van der Waals surface area contributed by atoms with Gasteiger partial charge in [0.05, 0.1) is 32.6 Å². The molecule has 136 valence electrons. The van der Waals surface area contributed by atoms with Gasteiger partial charge in [0.2, 0.25) is 0 Å². The van der Waals surface area contributed by atoms with Gasteiger partial charge in [-0.15, -0.1) is 6.42 Å². The molecule has 1 aromatic carbocycles. The second kappa shape index (κ2) is 8.48. The Morgan fingerprint density at radius 3 is 2.77 bits per heavy atom. The molecule has 26 heavy (non-hydrogen) atoms. The zero-order chi connectivity index (χ0) is 18.4. The Bertz CT molecular complexity index is 770. The van der Waals surface area contributed by atoms with Crippen molar-refractivity contribution in [3.05, 3.63) is 47.9 Å². The van der Waals surface area contributed by atoms with E-state index in [-0.39, 0.29) is 18.6 Å².